The first kappa shape index (κ1) is 13.5. The number of rotatable bonds is 2. The molecule has 18 heavy (non-hydrogen) atoms. The third kappa shape index (κ3) is 3.08. The van der Waals surface area contributed by atoms with Gasteiger partial charge >= 0.3 is 6.09 Å². The smallest absolute Gasteiger partial charge is 0.408 e. The highest BCUT2D eigenvalue weighted by Gasteiger charge is 2.41. The molecule has 2 rings (SSSR count). The van der Waals surface area contributed by atoms with Crippen LogP contribution in [0.25, 0.3) is 0 Å². The van der Waals surface area contributed by atoms with Crippen molar-refractivity contribution in [3.05, 3.63) is 0 Å². The summed E-state index contributed by atoms with van der Waals surface area (Å²) in [4.78, 5) is 28.8. The molecule has 0 spiro atoms. The van der Waals surface area contributed by atoms with Crippen molar-refractivity contribution in [2.24, 2.45) is 0 Å². The second-order valence-electron chi connectivity index (χ2n) is 5.27. The maximum atomic E-state index is 12.0. The number of alkyl carbamates (subject to hydrolysis) is 1. The molecule has 0 aromatic carbocycles. The lowest BCUT2D eigenvalue weighted by Gasteiger charge is -2.31. The molecule has 2 fully saturated rings. The van der Waals surface area contributed by atoms with Gasteiger partial charge in [0.25, 0.3) is 5.91 Å². The van der Waals surface area contributed by atoms with Crippen LogP contribution in [0.1, 0.15) is 27.2 Å². The number of nitrogens with one attached hydrogen (secondary N) is 1. The van der Waals surface area contributed by atoms with E-state index >= 15 is 0 Å². The fourth-order valence-electron chi connectivity index (χ4n) is 1.63. The second kappa shape index (κ2) is 4.97. The number of amides is 2. The highest BCUT2D eigenvalue weighted by molar-refractivity contribution is 8.01. The van der Waals surface area contributed by atoms with Crippen LogP contribution in [0.15, 0.2) is 0 Å². The molecule has 0 saturated carbocycles. The molecule has 0 radical (unpaired) electrons. The first-order chi connectivity index (χ1) is 8.37. The van der Waals surface area contributed by atoms with E-state index in [1.54, 1.807) is 32.5 Å². The number of hydroxylamine groups is 2. The molecular weight excluding hydrogens is 256 g/mol. The summed E-state index contributed by atoms with van der Waals surface area (Å²) < 4.78 is 5.10. The van der Waals surface area contributed by atoms with Crippen molar-refractivity contribution in [3.63, 3.8) is 0 Å². The number of thioether (sulfide) groups is 1. The normalized spacial score (nSPS) is 27.9. The SMILES string of the molecule is CC(C)(C)OC(=O)NC1CON(C2CCS2)C1=O. The van der Waals surface area contributed by atoms with E-state index in [0.717, 1.165) is 12.2 Å². The van der Waals surface area contributed by atoms with Crippen molar-refractivity contribution in [2.45, 2.75) is 44.2 Å². The Kier molecular flexibility index (Phi) is 3.72. The van der Waals surface area contributed by atoms with Gasteiger partial charge in [-0.05, 0) is 32.9 Å². The van der Waals surface area contributed by atoms with E-state index in [-0.39, 0.29) is 17.9 Å². The predicted octanol–water partition coefficient (Wildman–Crippen LogP) is 1.12. The summed E-state index contributed by atoms with van der Waals surface area (Å²) in [7, 11) is 0. The lowest BCUT2D eigenvalue weighted by atomic mass is 10.2. The van der Waals surface area contributed by atoms with Crippen LogP contribution in [0.5, 0.6) is 0 Å². The molecule has 1 N–H and O–H groups in total. The second-order valence-corrected chi connectivity index (χ2v) is 6.56. The van der Waals surface area contributed by atoms with Gasteiger partial charge in [-0.2, -0.15) is 0 Å². The Labute approximate surface area is 110 Å². The van der Waals surface area contributed by atoms with Crippen molar-refractivity contribution in [3.8, 4) is 0 Å². The van der Waals surface area contributed by atoms with E-state index in [4.69, 9.17) is 9.57 Å². The van der Waals surface area contributed by atoms with Gasteiger partial charge < -0.3 is 10.1 Å². The van der Waals surface area contributed by atoms with Gasteiger partial charge in [-0.3, -0.25) is 9.63 Å². The lowest BCUT2D eigenvalue weighted by molar-refractivity contribution is -0.166. The minimum atomic E-state index is -0.638. The Morgan fingerprint density at radius 1 is 1.56 bits per heavy atom. The van der Waals surface area contributed by atoms with E-state index in [1.165, 1.54) is 5.06 Å². The monoisotopic (exact) mass is 274 g/mol. The number of ether oxygens (including phenoxy) is 1. The summed E-state index contributed by atoms with van der Waals surface area (Å²) in [5, 5.41) is 4.00. The van der Waals surface area contributed by atoms with Gasteiger partial charge in [0, 0.05) is 0 Å². The predicted molar refractivity (Wildman–Crippen MR) is 66.8 cm³/mol. The lowest BCUT2D eigenvalue weighted by Crippen LogP contribution is -2.47. The van der Waals surface area contributed by atoms with Gasteiger partial charge in [0.05, 0.1) is 0 Å². The van der Waals surface area contributed by atoms with Gasteiger partial charge in [-0.1, -0.05) is 0 Å². The van der Waals surface area contributed by atoms with E-state index in [1.807, 2.05) is 0 Å². The molecule has 2 heterocycles. The fourth-order valence-corrected chi connectivity index (χ4v) is 2.38. The van der Waals surface area contributed by atoms with Crippen LogP contribution in [0.4, 0.5) is 4.79 Å². The Bertz CT molecular complexity index is 351. The molecule has 0 aromatic heterocycles. The highest BCUT2D eigenvalue weighted by Crippen LogP contribution is 2.33. The summed E-state index contributed by atoms with van der Waals surface area (Å²) >= 11 is 1.67. The number of hydrogen-bond donors (Lipinski definition) is 1. The third-order valence-electron chi connectivity index (χ3n) is 2.52. The summed E-state index contributed by atoms with van der Waals surface area (Å²) in [5.41, 5.74) is -0.573. The van der Waals surface area contributed by atoms with E-state index < -0.39 is 17.7 Å². The van der Waals surface area contributed by atoms with Crippen LogP contribution >= 0.6 is 11.8 Å². The Morgan fingerprint density at radius 2 is 2.22 bits per heavy atom. The number of nitrogens with zero attached hydrogens (tertiary/aromatic N) is 1. The van der Waals surface area contributed by atoms with E-state index in [2.05, 4.69) is 5.32 Å². The standard InChI is InChI=1S/C11H18N2O4S/c1-11(2,3)17-10(15)12-7-6-16-13(9(7)14)8-4-5-18-8/h7-8H,4-6H2,1-3H3,(H,12,15). The average molecular weight is 274 g/mol. The van der Waals surface area contributed by atoms with Crippen LogP contribution in [-0.2, 0) is 14.4 Å². The molecular formula is C11H18N2O4S. The molecule has 0 aliphatic carbocycles. The molecule has 2 unspecified atom stereocenters. The van der Waals surface area contributed by atoms with Crippen molar-refractivity contribution in [1.29, 1.82) is 0 Å². The van der Waals surface area contributed by atoms with Gasteiger partial charge in [-0.25, -0.2) is 9.86 Å². The van der Waals surface area contributed by atoms with Gasteiger partial charge in [-0.15, -0.1) is 11.8 Å². The number of hydrogen-bond acceptors (Lipinski definition) is 5. The van der Waals surface area contributed by atoms with E-state index in [9.17, 15) is 9.59 Å². The topological polar surface area (TPSA) is 67.9 Å². The van der Waals surface area contributed by atoms with Crippen molar-refractivity contribution in [2.75, 3.05) is 12.4 Å². The van der Waals surface area contributed by atoms with Crippen LogP contribution in [0.3, 0.4) is 0 Å². The van der Waals surface area contributed by atoms with Crippen molar-refractivity contribution < 1.29 is 19.2 Å². The maximum absolute atomic E-state index is 12.0. The van der Waals surface area contributed by atoms with Crippen LogP contribution in [-0.4, -0.2) is 46.4 Å². The summed E-state index contributed by atoms with van der Waals surface area (Å²) in [5.74, 6) is 0.847. The molecule has 2 saturated heterocycles. The Balaban J connectivity index is 1.84. The highest BCUT2D eigenvalue weighted by atomic mass is 32.2. The molecule has 0 aromatic rings. The molecule has 0 bridgehead atoms. The molecule has 2 aliphatic heterocycles. The molecule has 6 nitrogen and oxygen atoms in total. The van der Waals surface area contributed by atoms with Crippen LogP contribution < -0.4 is 5.32 Å². The molecule has 102 valence electrons. The zero-order valence-electron chi connectivity index (χ0n) is 10.8. The average Bonchev–Trinajstić information content (AvgIpc) is 2.44. The van der Waals surface area contributed by atoms with Gasteiger partial charge in [0.2, 0.25) is 0 Å². The largest absolute Gasteiger partial charge is 0.444 e. The Hall–Kier alpha value is -0.950. The summed E-state index contributed by atoms with van der Waals surface area (Å²) in [6, 6.07) is -0.638. The van der Waals surface area contributed by atoms with Crippen molar-refractivity contribution >= 4 is 23.8 Å². The first-order valence-electron chi connectivity index (χ1n) is 5.94. The summed E-state index contributed by atoms with van der Waals surface area (Å²) in [6.07, 6.45) is 0.350. The van der Waals surface area contributed by atoms with Crippen LogP contribution in [0, 0.1) is 0 Å². The third-order valence-corrected chi connectivity index (χ3v) is 3.81. The molecule has 7 heteroatoms. The molecule has 2 atom stereocenters. The van der Waals surface area contributed by atoms with Gasteiger partial charge in [0.1, 0.15) is 23.6 Å². The van der Waals surface area contributed by atoms with Gasteiger partial charge in [0.15, 0.2) is 0 Å². The first-order valence-corrected chi connectivity index (χ1v) is 6.99. The minimum Gasteiger partial charge on any atom is -0.444 e. The fraction of sp³-hybridized carbons (Fsp3) is 0.818. The van der Waals surface area contributed by atoms with Crippen LogP contribution in [0.2, 0.25) is 0 Å². The van der Waals surface area contributed by atoms with E-state index in [0.29, 0.717) is 0 Å². The number of carbonyl (C=O) groups excluding carboxylic acids is 2. The Morgan fingerprint density at radius 3 is 2.72 bits per heavy atom. The number of carbonyl (C=O) groups is 2. The minimum absolute atomic E-state index is 0.0999. The maximum Gasteiger partial charge on any atom is 0.408 e. The zero-order chi connectivity index (χ0) is 13.3. The zero-order valence-corrected chi connectivity index (χ0v) is 11.6. The molecule has 2 amide bonds. The quantitative estimate of drug-likeness (QED) is 0.817. The van der Waals surface area contributed by atoms with Crippen molar-refractivity contribution in [1.82, 2.24) is 10.4 Å². The molecule has 2 aliphatic rings. The summed E-state index contributed by atoms with van der Waals surface area (Å²) in [6.45, 7) is 5.50.